The van der Waals surface area contributed by atoms with Gasteiger partial charge in [0, 0.05) is 25.9 Å². The van der Waals surface area contributed by atoms with Crippen molar-refractivity contribution in [2.24, 2.45) is 0 Å². The molecule has 1 aromatic carbocycles. The zero-order chi connectivity index (χ0) is 16.3. The Bertz CT molecular complexity index is 522. The minimum absolute atomic E-state index is 0.136. The lowest BCUT2D eigenvalue weighted by molar-refractivity contribution is -0.189. The van der Waals surface area contributed by atoms with Crippen molar-refractivity contribution >= 4 is 5.97 Å². The van der Waals surface area contributed by atoms with E-state index in [2.05, 4.69) is 32.9 Å². The van der Waals surface area contributed by atoms with E-state index >= 15 is 0 Å². The summed E-state index contributed by atoms with van der Waals surface area (Å²) in [6.07, 6.45) is 1.96. The predicted octanol–water partition coefficient (Wildman–Crippen LogP) is 3.11. The summed E-state index contributed by atoms with van der Waals surface area (Å²) >= 11 is 0. The van der Waals surface area contributed by atoms with Crippen LogP contribution in [0.25, 0.3) is 0 Å². The van der Waals surface area contributed by atoms with E-state index in [-0.39, 0.29) is 11.6 Å². The highest BCUT2D eigenvalue weighted by molar-refractivity contribution is 5.74. The van der Waals surface area contributed by atoms with Crippen LogP contribution in [0, 0.1) is 20.8 Å². The third kappa shape index (κ3) is 4.08. The molecule has 1 aliphatic rings. The molecule has 0 N–H and O–H groups in total. The van der Waals surface area contributed by atoms with Crippen LogP contribution in [0.2, 0.25) is 0 Å². The molecule has 4 nitrogen and oxygen atoms in total. The summed E-state index contributed by atoms with van der Waals surface area (Å²) in [6.45, 7) is 9.80. The molecule has 22 heavy (non-hydrogen) atoms. The van der Waals surface area contributed by atoms with Gasteiger partial charge in [-0.2, -0.15) is 5.06 Å². The first-order valence-electron chi connectivity index (χ1n) is 7.90. The molecule has 0 bridgehead atoms. The van der Waals surface area contributed by atoms with Gasteiger partial charge < -0.3 is 9.57 Å². The van der Waals surface area contributed by atoms with Crippen molar-refractivity contribution in [2.45, 2.75) is 52.6 Å². The van der Waals surface area contributed by atoms with E-state index in [9.17, 15) is 4.79 Å². The Labute approximate surface area is 133 Å². The Hall–Kier alpha value is -1.39. The van der Waals surface area contributed by atoms with E-state index < -0.39 is 0 Å². The van der Waals surface area contributed by atoms with Gasteiger partial charge in [0.05, 0.1) is 13.5 Å². The summed E-state index contributed by atoms with van der Waals surface area (Å²) in [6, 6.07) is 4.24. The van der Waals surface area contributed by atoms with Gasteiger partial charge in [-0.15, -0.1) is 0 Å². The maximum Gasteiger partial charge on any atom is 0.310 e. The van der Waals surface area contributed by atoms with Gasteiger partial charge in [-0.1, -0.05) is 17.7 Å². The number of esters is 1. The Morgan fingerprint density at radius 2 is 1.73 bits per heavy atom. The van der Waals surface area contributed by atoms with Crippen LogP contribution in [0.15, 0.2) is 12.1 Å². The van der Waals surface area contributed by atoms with Crippen molar-refractivity contribution < 1.29 is 14.4 Å². The zero-order valence-corrected chi connectivity index (χ0v) is 14.4. The molecule has 0 radical (unpaired) electrons. The molecule has 0 atom stereocenters. The molecule has 2 rings (SSSR count). The molecule has 0 saturated carbocycles. The number of carbonyl (C=O) groups excluding carboxylic acids is 1. The molecular formula is C18H27NO3. The summed E-state index contributed by atoms with van der Waals surface area (Å²) in [7, 11) is 1.68. The Morgan fingerprint density at radius 1 is 1.18 bits per heavy atom. The normalized spacial score (nSPS) is 18.2. The largest absolute Gasteiger partial charge is 0.459 e. The van der Waals surface area contributed by atoms with Gasteiger partial charge in [0.2, 0.25) is 0 Å². The van der Waals surface area contributed by atoms with Crippen molar-refractivity contribution in [3.05, 3.63) is 34.4 Å². The van der Waals surface area contributed by atoms with Crippen molar-refractivity contribution in [2.75, 3.05) is 20.2 Å². The van der Waals surface area contributed by atoms with Gasteiger partial charge in [0.1, 0.15) is 5.60 Å². The van der Waals surface area contributed by atoms with Gasteiger partial charge in [-0.3, -0.25) is 4.79 Å². The van der Waals surface area contributed by atoms with Crippen LogP contribution < -0.4 is 0 Å². The standard InChI is InChI=1S/C18H27NO3/c1-13-10-14(2)16(15(3)11-13)12-17(20)22-18(4)6-8-19(21-5)9-7-18/h10-11H,6-9,12H2,1-5H3. The maximum atomic E-state index is 12.4. The van der Waals surface area contributed by atoms with Gasteiger partial charge in [-0.05, 0) is 44.4 Å². The molecule has 1 saturated heterocycles. The second-order valence-electron chi connectivity index (χ2n) is 6.59. The molecule has 0 unspecified atom stereocenters. The number of carbonyl (C=O) groups is 1. The Kier molecular flexibility index (Phi) is 5.24. The number of aryl methyl sites for hydroxylation is 3. The number of nitrogens with zero attached hydrogens (tertiary/aromatic N) is 1. The third-order valence-corrected chi connectivity index (χ3v) is 4.56. The molecule has 0 aliphatic carbocycles. The average Bonchev–Trinajstić information content (AvgIpc) is 2.43. The second kappa shape index (κ2) is 6.80. The summed E-state index contributed by atoms with van der Waals surface area (Å²) in [5.41, 5.74) is 4.26. The number of ether oxygens (including phenoxy) is 1. The zero-order valence-electron chi connectivity index (χ0n) is 14.4. The second-order valence-corrected chi connectivity index (χ2v) is 6.59. The number of benzene rings is 1. The minimum Gasteiger partial charge on any atom is -0.459 e. The lowest BCUT2D eigenvalue weighted by Crippen LogP contribution is -2.45. The first-order chi connectivity index (χ1) is 10.3. The molecule has 4 heteroatoms. The number of rotatable bonds is 4. The molecule has 122 valence electrons. The molecule has 1 aliphatic heterocycles. The fourth-order valence-corrected chi connectivity index (χ4v) is 3.19. The highest BCUT2D eigenvalue weighted by Crippen LogP contribution is 2.27. The van der Waals surface area contributed by atoms with Gasteiger partial charge >= 0.3 is 5.97 Å². The third-order valence-electron chi connectivity index (χ3n) is 4.56. The number of hydroxylamine groups is 2. The lowest BCUT2D eigenvalue weighted by atomic mass is 9.93. The summed E-state index contributed by atoms with van der Waals surface area (Å²) in [5.74, 6) is -0.136. The minimum atomic E-state index is -0.376. The van der Waals surface area contributed by atoms with E-state index in [1.54, 1.807) is 7.11 Å². The molecule has 0 amide bonds. The van der Waals surface area contributed by atoms with Crippen LogP contribution in [-0.4, -0.2) is 36.8 Å². The summed E-state index contributed by atoms with van der Waals surface area (Å²) < 4.78 is 5.79. The van der Waals surface area contributed by atoms with E-state index in [0.717, 1.165) is 42.6 Å². The molecular weight excluding hydrogens is 278 g/mol. The van der Waals surface area contributed by atoms with E-state index in [1.165, 1.54) is 5.56 Å². The maximum absolute atomic E-state index is 12.4. The topological polar surface area (TPSA) is 38.8 Å². The van der Waals surface area contributed by atoms with Crippen LogP contribution in [0.5, 0.6) is 0 Å². The first kappa shape index (κ1) is 17.0. The fraction of sp³-hybridized carbons (Fsp3) is 0.611. The lowest BCUT2D eigenvalue weighted by Gasteiger charge is -2.37. The van der Waals surface area contributed by atoms with Crippen molar-refractivity contribution in [1.82, 2.24) is 5.06 Å². The Morgan fingerprint density at radius 3 is 2.23 bits per heavy atom. The number of hydrogen-bond donors (Lipinski definition) is 0. The SMILES string of the molecule is CON1CCC(C)(OC(=O)Cc2c(C)cc(C)cc2C)CC1. The predicted molar refractivity (Wildman–Crippen MR) is 86.7 cm³/mol. The van der Waals surface area contributed by atoms with E-state index in [4.69, 9.17) is 9.57 Å². The molecule has 0 aromatic heterocycles. The highest BCUT2D eigenvalue weighted by Gasteiger charge is 2.33. The van der Waals surface area contributed by atoms with Crippen LogP contribution in [0.3, 0.4) is 0 Å². The molecule has 1 heterocycles. The van der Waals surface area contributed by atoms with Gasteiger partial charge in [0.15, 0.2) is 0 Å². The number of hydrogen-bond acceptors (Lipinski definition) is 4. The van der Waals surface area contributed by atoms with Crippen molar-refractivity contribution in [1.29, 1.82) is 0 Å². The summed E-state index contributed by atoms with van der Waals surface area (Å²) in [4.78, 5) is 17.6. The average molecular weight is 305 g/mol. The van der Waals surface area contributed by atoms with Crippen LogP contribution in [0.1, 0.15) is 42.0 Å². The van der Waals surface area contributed by atoms with E-state index in [0.29, 0.717) is 6.42 Å². The number of piperidine rings is 1. The first-order valence-corrected chi connectivity index (χ1v) is 7.90. The van der Waals surface area contributed by atoms with Gasteiger partial charge in [-0.25, -0.2) is 0 Å². The quantitative estimate of drug-likeness (QED) is 0.801. The van der Waals surface area contributed by atoms with Crippen LogP contribution >= 0.6 is 0 Å². The highest BCUT2D eigenvalue weighted by atomic mass is 16.7. The Balaban J connectivity index is 1.99. The molecule has 0 spiro atoms. The fourth-order valence-electron chi connectivity index (χ4n) is 3.19. The monoisotopic (exact) mass is 305 g/mol. The summed E-state index contributed by atoms with van der Waals surface area (Å²) in [5, 5.41) is 1.91. The smallest absolute Gasteiger partial charge is 0.310 e. The van der Waals surface area contributed by atoms with Crippen LogP contribution in [0.4, 0.5) is 0 Å². The van der Waals surface area contributed by atoms with E-state index in [1.807, 2.05) is 12.0 Å². The van der Waals surface area contributed by atoms with Crippen LogP contribution in [-0.2, 0) is 20.8 Å². The van der Waals surface area contributed by atoms with Crippen molar-refractivity contribution in [3.8, 4) is 0 Å². The molecule has 1 fully saturated rings. The van der Waals surface area contributed by atoms with Crippen molar-refractivity contribution in [3.63, 3.8) is 0 Å². The van der Waals surface area contributed by atoms with Gasteiger partial charge in [0.25, 0.3) is 0 Å². The molecule has 1 aromatic rings.